The van der Waals surface area contributed by atoms with Gasteiger partial charge in [0.2, 0.25) is 11.8 Å². The SMILES string of the molecule is CNCCC(=O)N1CCN(C(=O)C2CC2)CC1. The van der Waals surface area contributed by atoms with Crippen LogP contribution in [0.1, 0.15) is 19.3 Å². The van der Waals surface area contributed by atoms with Crippen molar-refractivity contribution < 1.29 is 9.59 Å². The van der Waals surface area contributed by atoms with Crippen LogP contribution in [0.5, 0.6) is 0 Å². The number of hydrogen-bond donors (Lipinski definition) is 1. The van der Waals surface area contributed by atoms with Crippen LogP contribution >= 0.6 is 0 Å². The molecule has 1 heterocycles. The maximum Gasteiger partial charge on any atom is 0.225 e. The first-order chi connectivity index (χ1) is 8.22. The van der Waals surface area contributed by atoms with Gasteiger partial charge in [0.15, 0.2) is 0 Å². The molecule has 1 aliphatic heterocycles. The van der Waals surface area contributed by atoms with Crippen LogP contribution in [0.4, 0.5) is 0 Å². The molecule has 2 aliphatic rings. The molecule has 0 aromatic rings. The molecule has 17 heavy (non-hydrogen) atoms. The van der Waals surface area contributed by atoms with E-state index in [-0.39, 0.29) is 5.91 Å². The smallest absolute Gasteiger partial charge is 0.225 e. The summed E-state index contributed by atoms with van der Waals surface area (Å²) in [5.41, 5.74) is 0. The Bertz CT molecular complexity index is 294. The van der Waals surface area contributed by atoms with Gasteiger partial charge in [-0.25, -0.2) is 0 Å². The molecule has 0 unspecified atom stereocenters. The average Bonchev–Trinajstić information content (AvgIpc) is 3.19. The number of rotatable bonds is 4. The second-order valence-corrected chi connectivity index (χ2v) is 4.83. The maximum atomic E-state index is 11.8. The zero-order chi connectivity index (χ0) is 12.3. The molecule has 96 valence electrons. The molecule has 2 fully saturated rings. The van der Waals surface area contributed by atoms with Gasteiger partial charge in [-0.3, -0.25) is 9.59 Å². The lowest BCUT2D eigenvalue weighted by Crippen LogP contribution is -2.51. The molecule has 1 saturated heterocycles. The average molecular weight is 239 g/mol. The Hall–Kier alpha value is -1.10. The minimum atomic E-state index is 0.192. The Morgan fingerprint density at radius 3 is 2.24 bits per heavy atom. The summed E-state index contributed by atoms with van der Waals surface area (Å²) in [5, 5.41) is 2.98. The normalized spacial score (nSPS) is 20.5. The molecular weight excluding hydrogens is 218 g/mol. The van der Waals surface area contributed by atoms with E-state index in [0.717, 1.165) is 19.4 Å². The highest BCUT2D eigenvalue weighted by atomic mass is 16.2. The van der Waals surface area contributed by atoms with Gasteiger partial charge in [-0.1, -0.05) is 0 Å². The van der Waals surface area contributed by atoms with Crippen LogP contribution in [0.15, 0.2) is 0 Å². The number of hydrogen-bond acceptors (Lipinski definition) is 3. The Labute approximate surface area is 102 Å². The van der Waals surface area contributed by atoms with Gasteiger partial charge in [0.25, 0.3) is 0 Å². The van der Waals surface area contributed by atoms with E-state index < -0.39 is 0 Å². The fraction of sp³-hybridized carbons (Fsp3) is 0.833. The summed E-state index contributed by atoms with van der Waals surface area (Å²) in [4.78, 5) is 27.4. The monoisotopic (exact) mass is 239 g/mol. The second-order valence-electron chi connectivity index (χ2n) is 4.83. The molecule has 5 heteroatoms. The van der Waals surface area contributed by atoms with Gasteiger partial charge in [-0.05, 0) is 19.9 Å². The van der Waals surface area contributed by atoms with Crippen molar-refractivity contribution in [3.05, 3.63) is 0 Å². The quantitative estimate of drug-likeness (QED) is 0.731. The van der Waals surface area contributed by atoms with Gasteiger partial charge in [0, 0.05) is 45.1 Å². The van der Waals surface area contributed by atoms with Gasteiger partial charge >= 0.3 is 0 Å². The van der Waals surface area contributed by atoms with Crippen LogP contribution in [-0.4, -0.2) is 61.4 Å². The molecule has 2 amide bonds. The van der Waals surface area contributed by atoms with Gasteiger partial charge in [-0.2, -0.15) is 0 Å². The highest BCUT2D eigenvalue weighted by molar-refractivity contribution is 5.81. The summed E-state index contributed by atoms with van der Waals surface area (Å²) >= 11 is 0. The third-order valence-electron chi connectivity index (χ3n) is 3.46. The fourth-order valence-electron chi connectivity index (χ4n) is 2.15. The van der Waals surface area contributed by atoms with Crippen molar-refractivity contribution in [2.24, 2.45) is 5.92 Å². The van der Waals surface area contributed by atoms with Crippen molar-refractivity contribution in [1.29, 1.82) is 0 Å². The highest BCUT2D eigenvalue weighted by Crippen LogP contribution is 2.31. The van der Waals surface area contributed by atoms with Crippen LogP contribution in [-0.2, 0) is 9.59 Å². The third-order valence-corrected chi connectivity index (χ3v) is 3.46. The predicted molar refractivity (Wildman–Crippen MR) is 64.4 cm³/mol. The first kappa shape index (κ1) is 12.4. The zero-order valence-corrected chi connectivity index (χ0v) is 10.4. The van der Waals surface area contributed by atoms with E-state index in [4.69, 9.17) is 0 Å². The van der Waals surface area contributed by atoms with Crippen LogP contribution < -0.4 is 5.32 Å². The summed E-state index contributed by atoms with van der Waals surface area (Å²) in [6.45, 7) is 3.53. The summed E-state index contributed by atoms with van der Waals surface area (Å²) < 4.78 is 0. The van der Waals surface area contributed by atoms with Gasteiger partial charge in [0.1, 0.15) is 0 Å². The van der Waals surface area contributed by atoms with E-state index in [1.54, 1.807) is 0 Å². The Kier molecular flexibility index (Phi) is 3.99. The van der Waals surface area contributed by atoms with Crippen LogP contribution in [0.25, 0.3) is 0 Å². The summed E-state index contributed by atoms with van der Waals surface area (Å²) in [6.07, 6.45) is 2.66. The van der Waals surface area contributed by atoms with E-state index in [9.17, 15) is 9.59 Å². The first-order valence-corrected chi connectivity index (χ1v) is 6.43. The molecule has 0 spiro atoms. The molecule has 0 atom stereocenters. The number of nitrogens with one attached hydrogen (secondary N) is 1. The molecular formula is C12H21N3O2. The molecule has 0 aromatic carbocycles. The van der Waals surface area contributed by atoms with Gasteiger partial charge in [0.05, 0.1) is 0 Å². The Morgan fingerprint density at radius 1 is 1.12 bits per heavy atom. The van der Waals surface area contributed by atoms with Crippen LogP contribution in [0.3, 0.4) is 0 Å². The highest BCUT2D eigenvalue weighted by Gasteiger charge is 2.34. The number of carbonyl (C=O) groups excluding carboxylic acids is 2. The molecule has 0 aromatic heterocycles. The molecule has 0 bridgehead atoms. The fourth-order valence-corrected chi connectivity index (χ4v) is 2.15. The first-order valence-electron chi connectivity index (χ1n) is 6.43. The summed E-state index contributed by atoms with van der Waals surface area (Å²) in [5.74, 6) is 0.784. The van der Waals surface area contributed by atoms with Crippen LogP contribution in [0.2, 0.25) is 0 Å². The second kappa shape index (κ2) is 5.49. The molecule has 5 nitrogen and oxygen atoms in total. The van der Waals surface area contributed by atoms with Crippen molar-refractivity contribution in [3.8, 4) is 0 Å². The van der Waals surface area contributed by atoms with Crippen molar-refractivity contribution in [2.45, 2.75) is 19.3 Å². The Balaban J connectivity index is 1.73. The lowest BCUT2D eigenvalue weighted by molar-refractivity contribution is -0.140. The molecule has 1 N–H and O–H groups in total. The summed E-state index contributed by atoms with van der Waals surface area (Å²) in [7, 11) is 1.85. The summed E-state index contributed by atoms with van der Waals surface area (Å²) in [6, 6.07) is 0. The molecule has 1 aliphatic carbocycles. The number of nitrogens with zero attached hydrogens (tertiary/aromatic N) is 2. The third kappa shape index (κ3) is 3.19. The minimum absolute atomic E-state index is 0.192. The van der Waals surface area contributed by atoms with Crippen molar-refractivity contribution in [1.82, 2.24) is 15.1 Å². The zero-order valence-electron chi connectivity index (χ0n) is 10.4. The van der Waals surface area contributed by atoms with Crippen molar-refractivity contribution in [2.75, 3.05) is 39.8 Å². The number of piperazine rings is 1. The lowest BCUT2D eigenvalue weighted by atomic mass is 10.2. The van der Waals surface area contributed by atoms with Crippen LogP contribution in [0, 0.1) is 5.92 Å². The topological polar surface area (TPSA) is 52.7 Å². The van der Waals surface area contributed by atoms with E-state index in [2.05, 4.69) is 5.32 Å². The van der Waals surface area contributed by atoms with Gasteiger partial charge in [-0.15, -0.1) is 0 Å². The van der Waals surface area contributed by atoms with Crippen molar-refractivity contribution >= 4 is 11.8 Å². The minimum Gasteiger partial charge on any atom is -0.339 e. The van der Waals surface area contributed by atoms with E-state index in [1.165, 1.54) is 0 Å². The van der Waals surface area contributed by atoms with Crippen molar-refractivity contribution in [3.63, 3.8) is 0 Å². The van der Waals surface area contributed by atoms with Gasteiger partial charge < -0.3 is 15.1 Å². The molecule has 1 saturated carbocycles. The van der Waals surface area contributed by atoms with E-state index >= 15 is 0 Å². The largest absolute Gasteiger partial charge is 0.339 e. The Morgan fingerprint density at radius 2 is 1.71 bits per heavy atom. The van der Waals surface area contributed by atoms with E-state index in [0.29, 0.717) is 44.4 Å². The molecule has 0 radical (unpaired) electrons. The molecule has 2 rings (SSSR count). The predicted octanol–water partition coefficient (Wildman–Crippen LogP) is -0.323. The number of carbonyl (C=O) groups is 2. The van der Waals surface area contributed by atoms with E-state index in [1.807, 2.05) is 16.8 Å². The number of amides is 2. The maximum absolute atomic E-state index is 11.8. The lowest BCUT2D eigenvalue weighted by Gasteiger charge is -2.35. The standard InChI is InChI=1S/C12H21N3O2/c1-13-5-4-11(16)14-6-8-15(9-7-14)12(17)10-2-3-10/h10,13H,2-9H2,1H3.